The van der Waals surface area contributed by atoms with E-state index in [0.717, 1.165) is 44.0 Å². The van der Waals surface area contributed by atoms with Crippen LogP contribution < -0.4 is 24.8 Å². The molecule has 35 heavy (non-hydrogen) atoms. The van der Waals surface area contributed by atoms with E-state index in [0.29, 0.717) is 24.3 Å². The molecule has 2 N–H and O–H groups in total. The first-order chi connectivity index (χ1) is 17.0. The maximum atomic E-state index is 13.8. The number of rotatable bonds is 5. The summed E-state index contributed by atoms with van der Waals surface area (Å²) in [5, 5.41) is 7.20. The van der Waals surface area contributed by atoms with Gasteiger partial charge in [0.1, 0.15) is 5.75 Å². The third kappa shape index (κ3) is 4.36. The fraction of sp³-hybridized carbons (Fsp3) is 0.250. The Morgan fingerprint density at radius 3 is 2.34 bits per heavy atom. The lowest BCUT2D eigenvalue weighted by atomic mass is 9.78. The average Bonchev–Trinajstić information content (AvgIpc) is 3.05. The molecule has 6 nitrogen and oxygen atoms in total. The van der Waals surface area contributed by atoms with Crippen molar-refractivity contribution in [1.82, 2.24) is 0 Å². The summed E-state index contributed by atoms with van der Waals surface area (Å²) < 4.78 is 17.3. The van der Waals surface area contributed by atoms with E-state index in [1.165, 1.54) is 0 Å². The molecule has 0 saturated heterocycles. The summed E-state index contributed by atoms with van der Waals surface area (Å²) in [6.45, 7) is 0. The van der Waals surface area contributed by atoms with E-state index < -0.39 is 0 Å². The molecule has 0 unspecified atom stereocenters. The van der Waals surface area contributed by atoms with Crippen LogP contribution in [0.25, 0.3) is 0 Å². The zero-order valence-electron chi connectivity index (χ0n) is 19.9. The van der Waals surface area contributed by atoms with Gasteiger partial charge in [0.25, 0.3) is 0 Å². The van der Waals surface area contributed by atoms with E-state index in [9.17, 15) is 4.79 Å². The molecule has 1 aliphatic heterocycles. The topological polar surface area (TPSA) is 68.8 Å². The molecular weight excluding hydrogens is 508 g/mol. The monoisotopic (exact) mass is 534 g/mol. The van der Waals surface area contributed by atoms with E-state index in [1.807, 2.05) is 54.6 Å². The van der Waals surface area contributed by atoms with E-state index in [2.05, 4.69) is 32.6 Å². The summed E-state index contributed by atoms with van der Waals surface area (Å²) in [5.74, 6) is 2.19. The number of anilines is 2. The van der Waals surface area contributed by atoms with Crippen LogP contribution in [-0.2, 0) is 4.79 Å². The Bertz CT molecular complexity index is 1320. The van der Waals surface area contributed by atoms with Crippen LogP contribution in [0.4, 0.5) is 11.4 Å². The lowest BCUT2D eigenvalue weighted by molar-refractivity contribution is -0.116. The van der Waals surface area contributed by atoms with Crippen LogP contribution >= 0.6 is 15.9 Å². The van der Waals surface area contributed by atoms with E-state index >= 15 is 0 Å². The normalized spacial score (nSPS) is 19.0. The molecule has 5 rings (SSSR count). The fourth-order valence-corrected chi connectivity index (χ4v) is 5.50. The van der Waals surface area contributed by atoms with Crippen molar-refractivity contribution in [3.63, 3.8) is 0 Å². The average molecular weight is 535 g/mol. The number of nitrogens with one attached hydrogen (secondary N) is 2. The lowest BCUT2D eigenvalue weighted by Gasteiger charge is -2.30. The van der Waals surface area contributed by atoms with Crippen molar-refractivity contribution in [3.8, 4) is 17.2 Å². The van der Waals surface area contributed by atoms with Crippen molar-refractivity contribution < 1.29 is 19.0 Å². The van der Waals surface area contributed by atoms with Gasteiger partial charge in [0.2, 0.25) is 0 Å². The number of carbonyl (C=O) groups is 1. The van der Waals surface area contributed by atoms with Crippen molar-refractivity contribution in [3.05, 3.63) is 87.5 Å². The number of carbonyl (C=O) groups excluding carboxylic acids is 1. The second kappa shape index (κ2) is 9.66. The third-order valence-electron chi connectivity index (χ3n) is 6.69. The summed E-state index contributed by atoms with van der Waals surface area (Å²) in [4.78, 5) is 13.8. The largest absolute Gasteiger partial charge is 0.497 e. The molecule has 1 heterocycles. The van der Waals surface area contributed by atoms with Gasteiger partial charge >= 0.3 is 0 Å². The fourth-order valence-electron chi connectivity index (χ4n) is 4.95. The highest BCUT2D eigenvalue weighted by Crippen LogP contribution is 2.47. The SMILES string of the molecule is COc1cccc([C@@H]2CC(=O)C3=C(C2)Nc2ccccc2N[C@@H]3c2cc(OC)c(OC)cc2Br)c1. The minimum atomic E-state index is -0.367. The number of para-hydroxylation sites is 2. The van der Waals surface area contributed by atoms with Crippen LogP contribution in [-0.4, -0.2) is 27.1 Å². The highest BCUT2D eigenvalue weighted by Gasteiger charge is 2.37. The quantitative estimate of drug-likeness (QED) is 0.391. The molecule has 3 aromatic rings. The van der Waals surface area contributed by atoms with Crippen molar-refractivity contribution in [2.45, 2.75) is 24.8 Å². The molecule has 0 spiro atoms. The Kier molecular flexibility index (Phi) is 6.43. The molecule has 0 bridgehead atoms. The number of fused-ring (bicyclic) bond motifs is 1. The molecule has 180 valence electrons. The summed E-state index contributed by atoms with van der Waals surface area (Å²) in [6.07, 6.45) is 1.14. The maximum absolute atomic E-state index is 13.8. The van der Waals surface area contributed by atoms with Gasteiger partial charge in [0.15, 0.2) is 17.3 Å². The molecule has 0 radical (unpaired) electrons. The van der Waals surface area contributed by atoms with Crippen molar-refractivity contribution in [2.75, 3.05) is 32.0 Å². The molecule has 0 amide bonds. The summed E-state index contributed by atoms with van der Waals surface area (Å²) in [5.41, 5.74) is 5.55. The first-order valence-corrected chi connectivity index (χ1v) is 12.3. The van der Waals surface area contributed by atoms with Crippen molar-refractivity contribution in [1.29, 1.82) is 0 Å². The number of allylic oxidation sites excluding steroid dienone is 1. The Morgan fingerprint density at radius 1 is 0.857 bits per heavy atom. The van der Waals surface area contributed by atoms with Crippen LogP contribution in [0.5, 0.6) is 17.2 Å². The predicted octanol–water partition coefficient (Wildman–Crippen LogP) is 6.45. The molecule has 2 aliphatic rings. The zero-order chi connectivity index (χ0) is 24.5. The summed E-state index contributed by atoms with van der Waals surface area (Å²) in [6, 6.07) is 19.5. The van der Waals surface area contributed by atoms with Gasteiger partial charge in [-0.3, -0.25) is 4.79 Å². The van der Waals surface area contributed by atoms with Crippen LogP contribution in [0.2, 0.25) is 0 Å². The minimum Gasteiger partial charge on any atom is -0.497 e. The van der Waals surface area contributed by atoms with Gasteiger partial charge < -0.3 is 24.8 Å². The Morgan fingerprint density at radius 2 is 1.60 bits per heavy atom. The number of ether oxygens (including phenoxy) is 3. The van der Waals surface area contributed by atoms with Crippen LogP contribution in [0.3, 0.4) is 0 Å². The number of ketones is 1. The number of Topliss-reactive ketones (excluding diaryl/α,β-unsaturated/α-hetero) is 1. The highest BCUT2D eigenvalue weighted by molar-refractivity contribution is 9.10. The second-order valence-corrected chi connectivity index (χ2v) is 9.53. The van der Waals surface area contributed by atoms with Gasteiger partial charge in [-0.2, -0.15) is 0 Å². The number of hydrogen-bond donors (Lipinski definition) is 2. The summed E-state index contributed by atoms with van der Waals surface area (Å²) >= 11 is 3.71. The van der Waals surface area contributed by atoms with Gasteiger partial charge in [0, 0.05) is 22.2 Å². The third-order valence-corrected chi connectivity index (χ3v) is 7.37. The standard InChI is InChI=1S/C28H27BrN2O4/c1-33-18-8-6-7-16(11-18)17-12-23-27(24(32)13-17)28(31-22-10-5-4-9-21(22)30-23)19-14-25(34-2)26(35-3)15-20(19)29/h4-11,14-15,17,28,30-31H,12-13H2,1-3H3/t17-,28+/m0/s1. The Labute approximate surface area is 213 Å². The lowest BCUT2D eigenvalue weighted by Crippen LogP contribution is -2.27. The number of methoxy groups -OCH3 is 3. The number of benzene rings is 3. The molecule has 2 atom stereocenters. The van der Waals surface area contributed by atoms with Crippen molar-refractivity contribution in [2.24, 2.45) is 0 Å². The van der Waals surface area contributed by atoms with Gasteiger partial charge in [-0.15, -0.1) is 0 Å². The van der Waals surface area contributed by atoms with E-state index in [-0.39, 0.29) is 17.7 Å². The van der Waals surface area contributed by atoms with Gasteiger partial charge in [0.05, 0.1) is 38.7 Å². The Balaban J connectivity index is 1.63. The number of halogens is 1. The molecule has 0 fully saturated rings. The van der Waals surface area contributed by atoms with Crippen LogP contribution in [0.15, 0.2) is 76.4 Å². The summed E-state index contributed by atoms with van der Waals surface area (Å²) in [7, 11) is 4.88. The van der Waals surface area contributed by atoms with Gasteiger partial charge in [-0.1, -0.05) is 40.2 Å². The highest BCUT2D eigenvalue weighted by atomic mass is 79.9. The smallest absolute Gasteiger partial charge is 0.163 e. The Hall–Kier alpha value is -3.45. The van der Waals surface area contributed by atoms with Gasteiger partial charge in [-0.25, -0.2) is 0 Å². The predicted molar refractivity (Wildman–Crippen MR) is 141 cm³/mol. The number of hydrogen-bond acceptors (Lipinski definition) is 6. The molecule has 7 heteroatoms. The minimum absolute atomic E-state index is 0.0589. The second-order valence-electron chi connectivity index (χ2n) is 8.67. The maximum Gasteiger partial charge on any atom is 0.163 e. The van der Waals surface area contributed by atoms with Crippen LogP contribution in [0.1, 0.15) is 35.9 Å². The first kappa shape index (κ1) is 23.3. The zero-order valence-corrected chi connectivity index (χ0v) is 21.4. The molecule has 0 aromatic heterocycles. The molecule has 3 aromatic carbocycles. The molecular formula is C28H27BrN2O4. The van der Waals surface area contributed by atoms with E-state index in [1.54, 1.807) is 21.3 Å². The van der Waals surface area contributed by atoms with Gasteiger partial charge in [-0.05, 0) is 59.9 Å². The van der Waals surface area contributed by atoms with Crippen molar-refractivity contribution >= 4 is 33.1 Å². The first-order valence-electron chi connectivity index (χ1n) is 11.5. The van der Waals surface area contributed by atoms with E-state index in [4.69, 9.17) is 14.2 Å². The molecule has 1 aliphatic carbocycles. The van der Waals surface area contributed by atoms with Crippen LogP contribution in [0, 0.1) is 0 Å². The molecule has 0 saturated carbocycles.